The SMILES string of the molecule is O=C(Nc1ccc(N2CCN(C(=O)c3cc4ccccc4o3)CC2)cc1)c1ccc(N2CCCC2)c([N+](=O)[O-])c1. The van der Waals surface area contributed by atoms with Crippen LogP contribution in [0.25, 0.3) is 11.0 Å². The third-order valence-electron chi connectivity index (χ3n) is 7.57. The molecule has 1 aromatic heterocycles. The zero-order chi connectivity index (χ0) is 27.6. The van der Waals surface area contributed by atoms with Crippen LogP contribution < -0.4 is 15.1 Å². The van der Waals surface area contributed by atoms with Crippen molar-refractivity contribution in [3.05, 3.63) is 94.2 Å². The fraction of sp³-hybridized carbons (Fsp3) is 0.267. The van der Waals surface area contributed by atoms with Gasteiger partial charge in [0.15, 0.2) is 5.76 Å². The average Bonchev–Trinajstić information content (AvgIpc) is 3.68. The normalized spacial score (nSPS) is 15.4. The van der Waals surface area contributed by atoms with Gasteiger partial charge in [0.25, 0.3) is 17.5 Å². The van der Waals surface area contributed by atoms with Crippen LogP contribution in [0.15, 0.2) is 77.2 Å². The lowest BCUT2D eigenvalue weighted by Gasteiger charge is -2.35. The number of rotatable bonds is 6. The maximum atomic E-state index is 13.0. The van der Waals surface area contributed by atoms with Crippen LogP contribution in [-0.2, 0) is 0 Å². The van der Waals surface area contributed by atoms with Gasteiger partial charge in [-0.3, -0.25) is 19.7 Å². The molecule has 0 atom stereocenters. The summed E-state index contributed by atoms with van der Waals surface area (Å²) in [7, 11) is 0. The Bertz CT molecular complexity index is 1530. The Labute approximate surface area is 230 Å². The van der Waals surface area contributed by atoms with Crippen molar-refractivity contribution in [2.75, 3.05) is 54.4 Å². The fourth-order valence-electron chi connectivity index (χ4n) is 5.41. The summed E-state index contributed by atoms with van der Waals surface area (Å²) in [5.41, 5.74) is 3.03. The van der Waals surface area contributed by atoms with Gasteiger partial charge < -0.3 is 24.4 Å². The van der Waals surface area contributed by atoms with E-state index in [0.29, 0.717) is 48.9 Å². The van der Waals surface area contributed by atoms with Crippen molar-refractivity contribution in [3.8, 4) is 0 Å². The number of nitrogens with one attached hydrogen (secondary N) is 1. The number of hydrogen-bond acceptors (Lipinski definition) is 7. The van der Waals surface area contributed by atoms with Crippen molar-refractivity contribution in [3.63, 3.8) is 0 Å². The Morgan fingerprint density at radius 3 is 2.25 bits per heavy atom. The number of para-hydroxylation sites is 1. The molecule has 4 aromatic rings. The molecule has 0 spiro atoms. The van der Waals surface area contributed by atoms with E-state index in [4.69, 9.17) is 4.42 Å². The first-order valence-electron chi connectivity index (χ1n) is 13.4. The first kappa shape index (κ1) is 25.4. The number of amides is 2. The Hall–Kier alpha value is -4.86. The number of fused-ring (bicyclic) bond motifs is 1. The van der Waals surface area contributed by atoms with Crippen LogP contribution in [0.1, 0.15) is 33.8 Å². The number of piperazine rings is 1. The summed E-state index contributed by atoms with van der Waals surface area (Å²) in [5.74, 6) is -0.157. The van der Waals surface area contributed by atoms with Gasteiger partial charge in [0.2, 0.25) is 0 Å². The first-order chi connectivity index (χ1) is 19.5. The third-order valence-corrected chi connectivity index (χ3v) is 7.57. The molecule has 40 heavy (non-hydrogen) atoms. The fourth-order valence-corrected chi connectivity index (χ4v) is 5.41. The second-order valence-electron chi connectivity index (χ2n) is 10.1. The van der Waals surface area contributed by atoms with Gasteiger partial charge in [-0.2, -0.15) is 0 Å². The largest absolute Gasteiger partial charge is 0.451 e. The standard InChI is InChI=1S/C30H29N5O5/c36-29(22-7-12-25(26(19-22)35(38)39)33-13-3-4-14-33)31-23-8-10-24(11-9-23)32-15-17-34(18-16-32)30(37)28-20-21-5-1-2-6-27(21)40-28/h1-2,5-12,19-20H,3-4,13-18H2,(H,31,36). The summed E-state index contributed by atoms with van der Waals surface area (Å²) in [6.07, 6.45) is 2.01. The summed E-state index contributed by atoms with van der Waals surface area (Å²) in [6, 6.07) is 21.5. The van der Waals surface area contributed by atoms with E-state index >= 15 is 0 Å². The molecule has 2 aliphatic heterocycles. The summed E-state index contributed by atoms with van der Waals surface area (Å²) < 4.78 is 5.74. The first-order valence-corrected chi connectivity index (χ1v) is 13.4. The molecule has 204 valence electrons. The smallest absolute Gasteiger partial charge is 0.293 e. The highest BCUT2D eigenvalue weighted by Crippen LogP contribution is 2.32. The van der Waals surface area contributed by atoms with Gasteiger partial charge in [-0.15, -0.1) is 0 Å². The summed E-state index contributed by atoms with van der Waals surface area (Å²) in [4.78, 5) is 43.1. The Morgan fingerprint density at radius 2 is 1.55 bits per heavy atom. The van der Waals surface area contributed by atoms with Gasteiger partial charge in [0.05, 0.1) is 4.92 Å². The zero-order valence-corrected chi connectivity index (χ0v) is 21.9. The highest BCUT2D eigenvalue weighted by Gasteiger charge is 2.26. The zero-order valence-electron chi connectivity index (χ0n) is 21.9. The molecule has 2 fully saturated rings. The van der Waals surface area contributed by atoms with Gasteiger partial charge in [-0.25, -0.2) is 0 Å². The molecule has 3 heterocycles. The molecule has 2 saturated heterocycles. The van der Waals surface area contributed by atoms with Gasteiger partial charge in [0.1, 0.15) is 11.3 Å². The maximum Gasteiger partial charge on any atom is 0.293 e. The van der Waals surface area contributed by atoms with Crippen LogP contribution in [0.2, 0.25) is 0 Å². The van der Waals surface area contributed by atoms with E-state index in [9.17, 15) is 19.7 Å². The van der Waals surface area contributed by atoms with Crippen molar-refractivity contribution < 1.29 is 18.9 Å². The molecule has 6 rings (SSSR count). The number of carbonyl (C=O) groups excluding carboxylic acids is 2. The number of anilines is 3. The van der Waals surface area contributed by atoms with Crippen molar-refractivity contribution >= 4 is 45.5 Å². The Balaban J connectivity index is 1.06. The van der Waals surface area contributed by atoms with Crippen molar-refractivity contribution in [2.24, 2.45) is 0 Å². The number of nitro benzene ring substituents is 1. The highest BCUT2D eigenvalue weighted by atomic mass is 16.6. The quantitative estimate of drug-likeness (QED) is 0.266. The van der Waals surface area contributed by atoms with Gasteiger partial charge in [-0.05, 0) is 61.4 Å². The van der Waals surface area contributed by atoms with Crippen molar-refractivity contribution in [1.29, 1.82) is 0 Å². The lowest BCUT2D eigenvalue weighted by Crippen LogP contribution is -2.48. The molecule has 0 radical (unpaired) electrons. The monoisotopic (exact) mass is 539 g/mol. The molecule has 0 saturated carbocycles. The minimum Gasteiger partial charge on any atom is -0.451 e. The molecule has 10 nitrogen and oxygen atoms in total. The van der Waals surface area contributed by atoms with Crippen LogP contribution in [0.3, 0.4) is 0 Å². The highest BCUT2D eigenvalue weighted by molar-refractivity contribution is 6.05. The van der Waals surface area contributed by atoms with Crippen LogP contribution in [0.5, 0.6) is 0 Å². The number of furan rings is 1. The van der Waals surface area contributed by atoms with E-state index in [0.717, 1.165) is 37.0 Å². The summed E-state index contributed by atoms with van der Waals surface area (Å²) >= 11 is 0. The molecule has 10 heteroatoms. The van der Waals surface area contributed by atoms with Crippen molar-refractivity contribution in [2.45, 2.75) is 12.8 Å². The molecule has 0 unspecified atom stereocenters. The van der Waals surface area contributed by atoms with E-state index in [1.807, 2.05) is 53.4 Å². The average molecular weight is 540 g/mol. The lowest BCUT2D eigenvalue weighted by atomic mass is 10.1. The predicted molar refractivity (Wildman–Crippen MR) is 153 cm³/mol. The maximum absolute atomic E-state index is 13.0. The van der Waals surface area contributed by atoms with Gasteiger partial charge in [-0.1, -0.05) is 18.2 Å². The van der Waals surface area contributed by atoms with E-state index in [1.165, 1.54) is 6.07 Å². The van der Waals surface area contributed by atoms with E-state index < -0.39 is 10.8 Å². The van der Waals surface area contributed by atoms with Crippen LogP contribution in [0, 0.1) is 10.1 Å². The van der Waals surface area contributed by atoms with E-state index in [1.54, 1.807) is 23.1 Å². The third kappa shape index (κ3) is 5.07. The minimum atomic E-state index is -0.427. The molecule has 3 aromatic carbocycles. The van der Waals surface area contributed by atoms with E-state index in [-0.39, 0.29) is 17.2 Å². The lowest BCUT2D eigenvalue weighted by molar-refractivity contribution is -0.384. The second kappa shape index (κ2) is 10.7. The molecule has 2 aliphatic rings. The number of nitrogens with zero attached hydrogens (tertiary/aromatic N) is 4. The van der Waals surface area contributed by atoms with E-state index in [2.05, 4.69) is 10.2 Å². The summed E-state index contributed by atoms with van der Waals surface area (Å²) in [5, 5.41) is 15.4. The van der Waals surface area contributed by atoms with Crippen LogP contribution in [0.4, 0.5) is 22.7 Å². The van der Waals surface area contributed by atoms with Gasteiger partial charge >= 0.3 is 0 Å². The number of nitro groups is 1. The van der Waals surface area contributed by atoms with Crippen LogP contribution in [-0.4, -0.2) is 60.9 Å². The number of hydrogen-bond donors (Lipinski definition) is 1. The Kier molecular flexibility index (Phi) is 6.81. The Morgan fingerprint density at radius 1 is 0.825 bits per heavy atom. The topological polar surface area (TPSA) is 112 Å². The number of carbonyl (C=O) groups is 2. The molecule has 0 bridgehead atoms. The minimum absolute atomic E-state index is 0.0529. The summed E-state index contributed by atoms with van der Waals surface area (Å²) in [6.45, 7) is 4.05. The van der Waals surface area contributed by atoms with Crippen LogP contribution >= 0.6 is 0 Å². The molecular formula is C30H29N5O5. The molecule has 1 N–H and O–H groups in total. The second-order valence-corrected chi connectivity index (χ2v) is 10.1. The molecular weight excluding hydrogens is 510 g/mol. The molecule has 2 amide bonds. The van der Waals surface area contributed by atoms with Crippen molar-refractivity contribution in [1.82, 2.24) is 4.90 Å². The number of benzene rings is 3. The molecule has 0 aliphatic carbocycles. The van der Waals surface area contributed by atoms with Gasteiger partial charge in [0, 0.05) is 67.7 Å². The predicted octanol–water partition coefficient (Wildman–Crippen LogP) is 5.16.